The summed E-state index contributed by atoms with van der Waals surface area (Å²) >= 11 is 0. The van der Waals surface area contributed by atoms with Crippen LogP contribution in [0.1, 0.15) is 29.8 Å². The predicted octanol–water partition coefficient (Wildman–Crippen LogP) is 3.66. The van der Waals surface area contributed by atoms with E-state index in [1.165, 1.54) is 24.8 Å². The van der Waals surface area contributed by atoms with E-state index in [0.717, 1.165) is 24.3 Å². The molecule has 2 aromatic rings. The Balaban J connectivity index is 1.80. The van der Waals surface area contributed by atoms with Crippen LogP contribution in [0.25, 0.3) is 0 Å². The zero-order valence-corrected chi connectivity index (χ0v) is 15.5. The molecule has 1 heterocycles. The van der Waals surface area contributed by atoms with Gasteiger partial charge in [-0.15, -0.1) is 0 Å². The van der Waals surface area contributed by atoms with Crippen molar-refractivity contribution < 1.29 is 32.3 Å². The van der Waals surface area contributed by atoms with Gasteiger partial charge in [-0.1, -0.05) is 0 Å². The molecular weight excluding hydrogens is 389 g/mol. The van der Waals surface area contributed by atoms with Gasteiger partial charge in [-0.3, -0.25) is 19.3 Å². The third-order valence-corrected chi connectivity index (χ3v) is 4.37. The zero-order valence-electron chi connectivity index (χ0n) is 15.5. The molecular formula is C20H17F3N2O4. The number of ether oxygens (including phenoxy) is 1. The minimum Gasteiger partial charge on any atom is -0.479 e. The summed E-state index contributed by atoms with van der Waals surface area (Å²) in [6.45, 7) is 2.52. The average molecular weight is 406 g/mol. The summed E-state index contributed by atoms with van der Waals surface area (Å²) < 4.78 is 43.4. The lowest BCUT2D eigenvalue weighted by atomic mass is 10.1. The van der Waals surface area contributed by atoms with Gasteiger partial charge in [0.05, 0.1) is 11.3 Å². The Bertz CT molecular complexity index is 971. The molecule has 1 aliphatic heterocycles. The molecule has 0 bridgehead atoms. The van der Waals surface area contributed by atoms with Crippen LogP contribution in [0.2, 0.25) is 0 Å². The normalized spacial score (nSPS) is 16.1. The van der Waals surface area contributed by atoms with Crippen LogP contribution in [0.15, 0.2) is 42.5 Å². The quantitative estimate of drug-likeness (QED) is 0.787. The minimum absolute atomic E-state index is 0.162. The molecule has 2 aromatic carbocycles. The second-order valence-electron chi connectivity index (χ2n) is 6.55. The van der Waals surface area contributed by atoms with Crippen LogP contribution in [0.5, 0.6) is 5.75 Å². The molecule has 1 atom stereocenters. The summed E-state index contributed by atoms with van der Waals surface area (Å²) in [7, 11) is 0. The number of anilines is 2. The number of nitrogens with zero attached hydrogens (tertiary/aromatic N) is 1. The first kappa shape index (κ1) is 20.4. The first-order valence-corrected chi connectivity index (χ1v) is 8.66. The van der Waals surface area contributed by atoms with Gasteiger partial charge < -0.3 is 10.1 Å². The van der Waals surface area contributed by atoms with Crippen molar-refractivity contribution in [1.29, 1.82) is 0 Å². The van der Waals surface area contributed by atoms with E-state index in [4.69, 9.17) is 4.74 Å². The van der Waals surface area contributed by atoms with Crippen LogP contribution in [0.4, 0.5) is 24.5 Å². The summed E-state index contributed by atoms with van der Waals surface area (Å²) in [5.41, 5.74) is -0.0425. The minimum atomic E-state index is -4.48. The number of alkyl halides is 3. The lowest BCUT2D eigenvalue weighted by Crippen LogP contribution is -2.47. The topological polar surface area (TPSA) is 75.7 Å². The largest absolute Gasteiger partial charge is 0.479 e. The molecule has 1 unspecified atom stereocenters. The van der Waals surface area contributed by atoms with Gasteiger partial charge in [-0.2, -0.15) is 13.2 Å². The maximum absolute atomic E-state index is 12.6. The van der Waals surface area contributed by atoms with E-state index in [1.54, 1.807) is 12.1 Å². The highest BCUT2D eigenvalue weighted by atomic mass is 19.4. The zero-order chi connectivity index (χ0) is 21.3. The van der Waals surface area contributed by atoms with Crippen molar-refractivity contribution in [3.05, 3.63) is 53.6 Å². The fraction of sp³-hybridized carbons (Fsp3) is 0.250. The van der Waals surface area contributed by atoms with E-state index in [9.17, 15) is 27.6 Å². The molecule has 29 heavy (non-hydrogen) atoms. The second kappa shape index (κ2) is 7.57. The molecule has 0 saturated carbocycles. The van der Waals surface area contributed by atoms with Gasteiger partial charge in [0.15, 0.2) is 11.9 Å². The van der Waals surface area contributed by atoms with Crippen molar-refractivity contribution in [3.63, 3.8) is 0 Å². The lowest BCUT2D eigenvalue weighted by molar-refractivity contribution is -0.137. The third kappa shape index (κ3) is 4.39. The molecule has 0 radical (unpaired) electrons. The Kier molecular flexibility index (Phi) is 5.32. The van der Waals surface area contributed by atoms with Gasteiger partial charge >= 0.3 is 6.18 Å². The molecule has 0 aromatic heterocycles. The predicted molar refractivity (Wildman–Crippen MR) is 99.0 cm³/mol. The maximum atomic E-state index is 12.6. The van der Waals surface area contributed by atoms with E-state index in [0.29, 0.717) is 11.3 Å². The maximum Gasteiger partial charge on any atom is 0.416 e. The van der Waals surface area contributed by atoms with Gasteiger partial charge in [-0.25, -0.2) is 0 Å². The molecule has 0 fully saturated rings. The molecule has 2 amide bonds. The van der Waals surface area contributed by atoms with Crippen LogP contribution < -0.4 is 15.0 Å². The molecule has 0 saturated heterocycles. The van der Waals surface area contributed by atoms with E-state index >= 15 is 0 Å². The fourth-order valence-electron chi connectivity index (χ4n) is 2.88. The number of halogens is 3. The van der Waals surface area contributed by atoms with Crippen LogP contribution in [0.3, 0.4) is 0 Å². The molecule has 1 N–H and O–H groups in total. The third-order valence-electron chi connectivity index (χ3n) is 4.37. The number of Topliss-reactive ketones (excluding diaryl/α,β-unsaturated/α-hetero) is 1. The molecule has 0 aliphatic carbocycles. The number of carbonyl (C=O) groups is 3. The Labute approximate surface area is 164 Å². The summed E-state index contributed by atoms with van der Waals surface area (Å²) in [6.07, 6.45) is -5.30. The van der Waals surface area contributed by atoms with Gasteiger partial charge in [-0.05, 0) is 56.3 Å². The van der Waals surface area contributed by atoms with Crippen molar-refractivity contribution in [2.75, 3.05) is 16.8 Å². The van der Waals surface area contributed by atoms with Crippen LogP contribution in [0, 0.1) is 0 Å². The van der Waals surface area contributed by atoms with Crippen molar-refractivity contribution in [2.24, 2.45) is 0 Å². The monoisotopic (exact) mass is 406 g/mol. The van der Waals surface area contributed by atoms with Crippen molar-refractivity contribution in [1.82, 2.24) is 0 Å². The van der Waals surface area contributed by atoms with Gasteiger partial charge in [0.1, 0.15) is 12.3 Å². The molecule has 152 valence electrons. The highest BCUT2D eigenvalue weighted by Crippen LogP contribution is 2.35. The summed E-state index contributed by atoms with van der Waals surface area (Å²) in [5.74, 6) is -0.940. The SMILES string of the molecule is CC(=O)c1ccc2c(c1)N(CC(=O)Nc1ccc(C(F)(F)F)cc1)C(=O)C(C)O2. The number of hydrogen-bond acceptors (Lipinski definition) is 4. The number of benzene rings is 2. The van der Waals surface area contributed by atoms with Crippen molar-refractivity contribution in [3.8, 4) is 5.75 Å². The molecule has 1 aliphatic rings. The first-order chi connectivity index (χ1) is 13.6. The van der Waals surface area contributed by atoms with Gasteiger partial charge in [0, 0.05) is 11.3 Å². The van der Waals surface area contributed by atoms with E-state index < -0.39 is 29.7 Å². The Hall–Kier alpha value is -3.36. The number of ketones is 1. The second-order valence-corrected chi connectivity index (χ2v) is 6.55. The van der Waals surface area contributed by atoms with Crippen molar-refractivity contribution in [2.45, 2.75) is 26.1 Å². The highest BCUT2D eigenvalue weighted by Gasteiger charge is 2.33. The number of amides is 2. The number of fused-ring (bicyclic) bond motifs is 1. The van der Waals surface area contributed by atoms with Crippen LogP contribution >= 0.6 is 0 Å². The number of carbonyl (C=O) groups excluding carboxylic acids is 3. The molecule has 3 rings (SSSR count). The van der Waals surface area contributed by atoms with E-state index in [2.05, 4.69) is 5.32 Å². The Morgan fingerprint density at radius 2 is 1.79 bits per heavy atom. The van der Waals surface area contributed by atoms with E-state index in [1.807, 2.05) is 0 Å². The van der Waals surface area contributed by atoms with Crippen LogP contribution in [-0.4, -0.2) is 30.2 Å². The summed E-state index contributed by atoms with van der Waals surface area (Å²) in [6, 6.07) is 8.55. The summed E-state index contributed by atoms with van der Waals surface area (Å²) in [5, 5.41) is 2.46. The Morgan fingerprint density at radius 1 is 1.14 bits per heavy atom. The van der Waals surface area contributed by atoms with E-state index in [-0.39, 0.29) is 23.7 Å². The van der Waals surface area contributed by atoms with Crippen LogP contribution in [-0.2, 0) is 15.8 Å². The van der Waals surface area contributed by atoms with Crippen molar-refractivity contribution >= 4 is 29.0 Å². The fourth-order valence-corrected chi connectivity index (χ4v) is 2.88. The standard InChI is InChI=1S/C20H17F3N2O4/c1-11(26)13-3-8-17-16(9-13)25(19(28)12(2)29-17)10-18(27)24-15-6-4-14(5-7-15)20(21,22)23/h3-9,12H,10H2,1-2H3,(H,24,27). The molecule has 6 nitrogen and oxygen atoms in total. The first-order valence-electron chi connectivity index (χ1n) is 8.66. The van der Waals surface area contributed by atoms with Gasteiger partial charge in [0.25, 0.3) is 5.91 Å². The summed E-state index contributed by atoms with van der Waals surface area (Å²) in [4.78, 5) is 37.8. The number of hydrogen-bond donors (Lipinski definition) is 1. The molecule has 9 heteroatoms. The lowest BCUT2D eigenvalue weighted by Gasteiger charge is -2.32. The number of rotatable bonds is 4. The number of nitrogens with one attached hydrogen (secondary N) is 1. The Morgan fingerprint density at radius 3 is 2.38 bits per heavy atom. The average Bonchev–Trinajstić information content (AvgIpc) is 2.64. The smallest absolute Gasteiger partial charge is 0.416 e. The molecule has 0 spiro atoms. The highest BCUT2D eigenvalue weighted by molar-refractivity contribution is 6.07. The van der Waals surface area contributed by atoms with Gasteiger partial charge in [0.2, 0.25) is 5.91 Å².